The second-order valence-electron chi connectivity index (χ2n) is 8.63. The number of aryl methyl sites for hydroxylation is 1. The highest BCUT2D eigenvalue weighted by molar-refractivity contribution is 6.31. The highest BCUT2D eigenvalue weighted by atomic mass is 16.2. The molecule has 6 heteroatoms. The first-order valence-electron chi connectivity index (χ1n) is 10.4. The summed E-state index contributed by atoms with van der Waals surface area (Å²) >= 11 is 0. The number of H-pyrrole nitrogens is 1. The molecule has 1 fully saturated rings. The number of amides is 2. The average molecular weight is 388 g/mol. The third kappa shape index (κ3) is 2.18. The fraction of sp³-hybridized carbons (Fsp3) is 0.391. The average Bonchev–Trinajstić information content (AvgIpc) is 3.38. The SMILES string of the molecule is CN1CCN(C2CCc3c2c2c(c4c3[nH]c3ccccc34)C(=O)N(C)C2=O)CC1. The highest BCUT2D eigenvalue weighted by Gasteiger charge is 2.44. The molecular weight excluding hydrogens is 364 g/mol. The van der Waals surface area contributed by atoms with E-state index in [0.717, 1.165) is 66.4 Å². The van der Waals surface area contributed by atoms with Gasteiger partial charge in [0, 0.05) is 55.6 Å². The van der Waals surface area contributed by atoms with Crippen molar-refractivity contribution < 1.29 is 9.59 Å². The lowest BCUT2D eigenvalue weighted by Gasteiger charge is -2.37. The van der Waals surface area contributed by atoms with E-state index < -0.39 is 0 Å². The summed E-state index contributed by atoms with van der Waals surface area (Å²) in [6.07, 6.45) is 1.94. The maximum Gasteiger partial charge on any atom is 0.262 e. The molecule has 29 heavy (non-hydrogen) atoms. The fourth-order valence-electron chi connectivity index (χ4n) is 5.59. The lowest BCUT2D eigenvalue weighted by Crippen LogP contribution is -2.45. The number of nitrogens with zero attached hydrogens (tertiary/aromatic N) is 3. The molecule has 1 N–H and O–H groups in total. The minimum absolute atomic E-state index is 0.144. The first kappa shape index (κ1) is 17.2. The second-order valence-corrected chi connectivity index (χ2v) is 8.63. The molecule has 1 aliphatic carbocycles. The summed E-state index contributed by atoms with van der Waals surface area (Å²) in [6, 6.07) is 8.30. The lowest BCUT2D eigenvalue weighted by atomic mass is 9.91. The predicted octanol–water partition coefficient (Wildman–Crippen LogP) is 2.78. The maximum atomic E-state index is 13.2. The van der Waals surface area contributed by atoms with Crippen molar-refractivity contribution in [2.24, 2.45) is 0 Å². The van der Waals surface area contributed by atoms with Crippen LogP contribution < -0.4 is 0 Å². The Labute approximate surface area is 169 Å². The van der Waals surface area contributed by atoms with Gasteiger partial charge >= 0.3 is 0 Å². The molecule has 2 aliphatic heterocycles. The third-order valence-electron chi connectivity index (χ3n) is 7.12. The summed E-state index contributed by atoms with van der Waals surface area (Å²) in [5, 5.41) is 1.96. The zero-order valence-electron chi connectivity index (χ0n) is 16.8. The molecule has 1 aromatic heterocycles. The Kier molecular flexibility index (Phi) is 3.50. The molecule has 0 bridgehead atoms. The number of benzene rings is 2. The number of imide groups is 1. The Hall–Kier alpha value is -2.70. The number of piperazine rings is 1. The quantitative estimate of drug-likeness (QED) is 0.652. The molecular formula is C23H24N4O2. The molecule has 6 rings (SSSR count). The zero-order chi connectivity index (χ0) is 19.9. The fourth-order valence-corrected chi connectivity index (χ4v) is 5.59. The van der Waals surface area contributed by atoms with Crippen LogP contribution in [0.15, 0.2) is 24.3 Å². The van der Waals surface area contributed by atoms with E-state index >= 15 is 0 Å². The molecule has 1 saturated heterocycles. The Bertz CT molecular complexity index is 1200. The van der Waals surface area contributed by atoms with Gasteiger partial charge in [-0.05, 0) is 37.1 Å². The van der Waals surface area contributed by atoms with E-state index in [1.54, 1.807) is 7.05 Å². The van der Waals surface area contributed by atoms with Gasteiger partial charge in [0.05, 0.1) is 16.6 Å². The van der Waals surface area contributed by atoms with Crippen molar-refractivity contribution in [3.8, 4) is 0 Å². The van der Waals surface area contributed by atoms with Crippen LogP contribution in [-0.2, 0) is 6.42 Å². The smallest absolute Gasteiger partial charge is 0.262 e. The van der Waals surface area contributed by atoms with E-state index in [-0.39, 0.29) is 17.9 Å². The Balaban J connectivity index is 1.66. The second kappa shape index (κ2) is 5.90. The van der Waals surface area contributed by atoms with Gasteiger partial charge in [-0.1, -0.05) is 18.2 Å². The van der Waals surface area contributed by atoms with Crippen LogP contribution in [0.25, 0.3) is 21.8 Å². The van der Waals surface area contributed by atoms with Crippen LogP contribution in [0.4, 0.5) is 0 Å². The number of carbonyl (C=O) groups excluding carboxylic acids is 2. The van der Waals surface area contributed by atoms with Crippen molar-refractivity contribution in [3.05, 3.63) is 46.5 Å². The van der Waals surface area contributed by atoms with E-state index in [1.165, 1.54) is 10.5 Å². The van der Waals surface area contributed by atoms with E-state index in [4.69, 9.17) is 0 Å². The molecule has 0 spiro atoms. The molecule has 0 radical (unpaired) electrons. The van der Waals surface area contributed by atoms with Crippen LogP contribution in [0.1, 0.15) is 44.3 Å². The molecule has 0 saturated carbocycles. The molecule has 1 unspecified atom stereocenters. The topological polar surface area (TPSA) is 59.7 Å². The Morgan fingerprint density at radius 2 is 1.69 bits per heavy atom. The number of carbonyl (C=O) groups is 2. The number of para-hydroxylation sites is 1. The van der Waals surface area contributed by atoms with Gasteiger partial charge in [-0.3, -0.25) is 19.4 Å². The number of likely N-dealkylation sites (N-methyl/N-ethyl adjacent to an activating group) is 1. The molecule has 6 nitrogen and oxygen atoms in total. The molecule has 1 atom stereocenters. The van der Waals surface area contributed by atoms with Crippen molar-refractivity contribution in [3.63, 3.8) is 0 Å². The molecule has 3 heterocycles. The summed E-state index contributed by atoms with van der Waals surface area (Å²) in [5.74, 6) is -0.318. The summed E-state index contributed by atoms with van der Waals surface area (Å²) in [6.45, 7) is 4.07. The Morgan fingerprint density at radius 1 is 0.966 bits per heavy atom. The van der Waals surface area contributed by atoms with Crippen molar-refractivity contribution >= 4 is 33.6 Å². The Morgan fingerprint density at radius 3 is 2.48 bits per heavy atom. The van der Waals surface area contributed by atoms with Crippen LogP contribution in [0.5, 0.6) is 0 Å². The van der Waals surface area contributed by atoms with Crippen molar-refractivity contribution in [1.82, 2.24) is 19.7 Å². The number of hydrogen-bond acceptors (Lipinski definition) is 4. The summed E-state index contributed by atoms with van der Waals surface area (Å²) in [7, 11) is 3.76. The van der Waals surface area contributed by atoms with Crippen LogP contribution >= 0.6 is 0 Å². The lowest BCUT2D eigenvalue weighted by molar-refractivity contribution is 0.0691. The molecule has 3 aliphatic rings. The number of aromatic amines is 1. The van der Waals surface area contributed by atoms with Gasteiger partial charge in [0.1, 0.15) is 0 Å². The minimum atomic E-state index is -0.174. The largest absolute Gasteiger partial charge is 0.354 e. The number of hydrogen-bond donors (Lipinski definition) is 1. The number of rotatable bonds is 1. The molecule has 3 aromatic rings. The number of aromatic nitrogens is 1. The monoisotopic (exact) mass is 388 g/mol. The van der Waals surface area contributed by atoms with Gasteiger partial charge < -0.3 is 9.88 Å². The summed E-state index contributed by atoms with van der Waals surface area (Å²) in [5.41, 5.74) is 5.67. The van der Waals surface area contributed by atoms with Crippen LogP contribution in [0.3, 0.4) is 0 Å². The molecule has 148 valence electrons. The summed E-state index contributed by atoms with van der Waals surface area (Å²) < 4.78 is 0. The van der Waals surface area contributed by atoms with E-state index in [9.17, 15) is 9.59 Å². The van der Waals surface area contributed by atoms with E-state index in [1.807, 2.05) is 24.3 Å². The predicted molar refractivity (Wildman–Crippen MR) is 112 cm³/mol. The van der Waals surface area contributed by atoms with Gasteiger partial charge in [-0.25, -0.2) is 0 Å². The van der Waals surface area contributed by atoms with Gasteiger partial charge in [-0.2, -0.15) is 0 Å². The first-order valence-corrected chi connectivity index (χ1v) is 10.4. The van der Waals surface area contributed by atoms with Crippen molar-refractivity contribution in [2.45, 2.75) is 18.9 Å². The van der Waals surface area contributed by atoms with E-state index in [2.05, 4.69) is 21.8 Å². The van der Waals surface area contributed by atoms with E-state index in [0.29, 0.717) is 11.1 Å². The normalized spacial score (nSPS) is 22.8. The maximum absolute atomic E-state index is 13.2. The zero-order valence-corrected chi connectivity index (χ0v) is 16.8. The molecule has 2 aromatic carbocycles. The summed E-state index contributed by atoms with van der Waals surface area (Å²) in [4.78, 5) is 36.1. The van der Waals surface area contributed by atoms with Crippen molar-refractivity contribution in [2.75, 3.05) is 40.3 Å². The van der Waals surface area contributed by atoms with Gasteiger partial charge in [0.15, 0.2) is 0 Å². The number of nitrogens with one attached hydrogen (secondary N) is 1. The first-order chi connectivity index (χ1) is 14.1. The van der Waals surface area contributed by atoms with Gasteiger partial charge in [-0.15, -0.1) is 0 Å². The standard InChI is InChI=1S/C23H24N4O2/c1-25-9-11-27(12-10-25)16-8-7-14-17(16)19-20(23(29)26(2)22(19)28)18-13-5-3-4-6-15(13)24-21(14)18/h3-6,16,24H,7-12H2,1-2H3. The number of fused-ring (bicyclic) bond motifs is 8. The van der Waals surface area contributed by atoms with Crippen LogP contribution in [0, 0.1) is 0 Å². The highest BCUT2D eigenvalue weighted by Crippen LogP contribution is 2.47. The third-order valence-corrected chi connectivity index (χ3v) is 7.12. The minimum Gasteiger partial charge on any atom is -0.354 e. The van der Waals surface area contributed by atoms with Gasteiger partial charge in [0.2, 0.25) is 0 Å². The molecule has 2 amide bonds. The van der Waals surface area contributed by atoms with Crippen LogP contribution in [-0.4, -0.2) is 71.8 Å². The van der Waals surface area contributed by atoms with Crippen molar-refractivity contribution in [1.29, 1.82) is 0 Å². The van der Waals surface area contributed by atoms with Crippen LogP contribution in [0.2, 0.25) is 0 Å². The van der Waals surface area contributed by atoms with Gasteiger partial charge in [0.25, 0.3) is 11.8 Å².